The Morgan fingerprint density at radius 1 is 1.27 bits per heavy atom. The SMILES string of the molecule is Fc1ccc(NNC(=S)NCCCN2CCOCC2)c(F)c1. The van der Waals surface area contributed by atoms with Crippen molar-refractivity contribution in [1.82, 2.24) is 15.6 Å². The van der Waals surface area contributed by atoms with Crippen LogP contribution in [0.3, 0.4) is 0 Å². The molecule has 0 aromatic heterocycles. The largest absolute Gasteiger partial charge is 0.379 e. The smallest absolute Gasteiger partial charge is 0.185 e. The van der Waals surface area contributed by atoms with Gasteiger partial charge in [0.05, 0.1) is 18.9 Å². The van der Waals surface area contributed by atoms with Crippen LogP contribution in [0, 0.1) is 11.6 Å². The number of anilines is 1. The second-order valence-corrected chi connectivity index (χ2v) is 5.35. The van der Waals surface area contributed by atoms with Crippen molar-refractivity contribution in [3.8, 4) is 0 Å². The zero-order valence-corrected chi connectivity index (χ0v) is 13.0. The number of rotatable bonds is 6. The van der Waals surface area contributed by atoms with Gasteiger partial charge in [-0.2, -0.15) is 0 Å². The van der Waals surface area contributed by atoms with Gasteiger partial charge in [0.15, 0.2) is 10.9 Å². The summed E-state index contributed by atoms with van der Waals surface area (Å²) in [5, 5.41) is 3.39. The molecule has 0 aliphatic carbocycles. The highest BCUT2D eigenvalue weighted by Crippen LogP contribution is 2.13. The molecule has 3 N–H and O–H groups in total. The maximum Gasteiger partial charge on any atom is 0.185 e. The Morgan fingerprint density at radius 2 is 2.05 bits per heavy atom. The molecule has 1 fully saturated rings. The second-order valence-electron chi connectivity index (χ2n) is 4.94. The number of halogens is 2. The lowest BCUT2D eigenvalue weighted by atomic mass is 10.3. The van der Waals surface area contributed by atoms with E-state index in [9.17, 15) is 8.78 Å². The molecule has 0 saturated carbocycles. The topological polar surface area (TPSA) is 48.6 Å². The van der Waals surface area contributed by atoms with Crippen molar-refractivity contribution in [3.63, 3.8) is 0 Å². The van der Waals surface area contributed by atoms with E-state index in [4.69, 9.17) is 17.0 Å². The van der Waals surface area contributed by atoms with E-state index >= 15 is 0 Å². The lowest BCUT2D eigenvalue weighted by Gasteiger charge is -2.26. The van der Waals surface area contributed by atoms with Crippen LogP contribution in [0.25, 0.3) is 0 Å². The summed E-state index contributed by atoms with van der Waals surface area (Å²) in [7, 11) is 0. The highest BCUT2D eigenvalue weighted by Gasteiger charge is 2.09. The average Bonchev–Trinajstić information content (AvgIpc) is 2.52. The number of morpholine rings is 1. The van der Waals surface area contributed by atoms with Crippen LogP contribution in [0.5, 0.6) is 0 Å². The summed E-state index contributed by atoms with van der Waals surface area (Å²) >= 11 is 5.08. The van der Waals surface area contributed by atoms with Gasteiger partial charge in [-0.05, 0) is 37.3 Å². The molecule has 1 heterocycles. The first-order valence-electron chi connectivity index (χ1n) is 7.20. The van der Waals surface area contributed by atoms with Gasteiger partial charge < -0.3 is 10.1 Å². The van der Waals surface area contributed by atoms with Crippen LogP contribution in [-0.4, -0.2) is 49.4 Å². The Balaban J connectivity index is 1.59. The van der Waals surface area contributed by atoms with Crippen LogP contribution in [0.2, 0.25) is 0 Å². The third-order valence-electron chi connectivity index (χ3n) is 3.28. The minimum atomic E-state index is -0.678. The Labute approximate surface area is 134 Å². The van der Waals surface area contributed by atoms with Crippen molar-refractivity contribution in [1.29, 1.82) is 0 Å². The van der Waals surface area contributed by atoms with Crippen LogP contribution in [0.4, 0.5) is 14.5 Å². The maximum atomic E-state index is 13.4. The summed E-state index contributed by atoms with van der Waals surface area (Å²) in [4.78, 5) is 2.34. The standard InChI is InChI=1S/C14H20F2N4OS/c15-11-2-3-13(12(16)10-11)18-19-14(22)17-4-1-5-20-6-8-21-9-7-20/h2-3,10,18H,1,4-9H2,(H2,17,19,22). The molecular weight excluding hydrogens is 310 g/mol. The molecule has 1 aromatic carbocycles. The fraction of sp³-hybridized carbons (Fsp3) is 0.500. The van der Waals surface area contributed by atoms with Gasteiger partial charge in [-0.15, -0.1) is 0 Å². The van der Waals surface area contributed by atoms with Gasteiger partial charge in [0.1, 0.15) is 5.82 Å². The second kappa shape index (κ2) is 8.82. The molecule has 1 saturated heterocycles. The average molecular weight is 330 g/mol. The summed E-state index contributed by atoms with van der Waals surface area (Å²) in [6, 6.07) is 3.29. The third kappa shape index (κ3) is 5.70. The molecule has 8 heteroatoms. The highest BCUT2D eigenvalue weighted by molar-refractivity contribution is 7.80. The molecule has 0 bridgehead atoms. The molecule has 1 aliphatic rings. The van der Waals surface area contributed by atoms with Gasteiger partial charge in [-0.1, -0.05) is 0 Å². The van der Waals surface area contributed by atoms with Gasteiger partial charge in [0, 0.05) is 25.7 Å². The molecule has 2 rings (SSSR count). The van der Waals surface area contributed by atoms with Crippen LogP contribution >= 0.6 is 12.2 Å². The molecule has 0 spiro atoms. The van der Waals surface area contributed by atoms with E-state index in [1.54, 1.807) is 0 Å². The van der Waals surface area contributed by atoms with Crippen LogP contribution in [0.15, 0.2) is 18.2 Å². The summed E-state index contributed by atoms with van der Waals surface area (Å²) in [5.41, 5.74) is 5.42. The van der Waals surface area contributed by atoms with Crippen molar-refractivity contribution in [2.45, 2.75) is 6.42 Å². The zero-order chi connectivity index (χ0) is 15.8. The molecule has 0 radical (unpaired) electrons. The molecule has 22 heavy (non-hydrogen) atoms. The van der Waals surface area contributed by atoms with Crippen LogP contribution in [-0.2, 0) is 4.74 Å². The van der Waals surface area contributed by atoms with E-state index < -0.39 is 11.6 Å². The summed E-state index contributed by atoms with van der Waals surface area (Å²) in [6.45, 7) is 5.22. The van der Waals surface area contributed by atoms with Crippen molar-refractivity contribution in [2.24, 2.45) is 0 Å². The van der Waals surface area contributed by atoms with E-state index in [2.05, 4.69) is 21.1 Å². The number of ether oxygens (including phenoxy) is 1. The fourth-order valence-corrected chi connectivity index (χ4v) is 2.24. The summed E-state index contributed by atoms with van der Waals surface area (Å²) < 4.78 is 31.4. The molecule has 0 unspecified atom stereocenters. The first-order chi connectivity index (χ1) is 10.6. The monoisotopic (exact) mass is 330 g/mol. The number of hydrogen-bond acceptors (Lipinski definition) is 4. The number of thiocarbonyl (C=S) groups is 1. The van der Waals surface area contributed by atoms with Gasteiger partial charge in [-0.25, -0.2) is 8.78 Å². The van der Waals surface area contributed by atoms with Crippen molar-refractivity contribution in [3.05, 3.63) is 29.8 Å². The van der Waals surface area contributed by atoms with Gasteiger partial charge >= 0.3 is 0 Å². The van der Waals surface area contributed by atoms with Gasteiger partial charge in [0.25, 0.3) is 0 Å². The van der Waals surface area contributed by atoms with E-state index in [1.807, 2.05) is 0 Å². The van der Waals surface area contributed by atoms with Crippen molar-refractivity contribution >= 4 is 23.0 Å². The van der Waals surface area contributed by atoms with E-state index in [1.165, 1.54) is 12.1 Å². The van der Waals surface area contributed by atoms with Crippen molar-refractivity contribution in [2.75, 3.05) is 44.8 Å². The van der Waals surface area contributed by atoms with Crippen LogP contribution in [0.1, 0.15) is 6.42 Å². The molecule has 1 aliphatic heterocycles. The Kier molecular flexibility index (Phi) is 6.75. The highest BCUT2D eigenvalue weighted by atomic mass is 32.1. The minimum absolute atomic E-state index is 0.138. The predicted octanol–water partition coefficient (Wildman–Crippen LogP) is 1.48. The minimum Gasteiger partial charge on any atom is -0.379 e. The molecular formula is C14H20F2N4OS. The Bertz CT molecular complexity index is 498. The Morgan fingerprint density at radius 3 is 2.77 bits per heavy atom. The van der Waals surface area contributed by atoms with Crippen LogP contribution < -0.4 is 16.2 Å². The fourth-order valence-electron chi connectivity index (χ4n) is 2.09. The van der Waals surface area contributed by atoms with Gasteiger partial charge in [-0.3, -0.25) is 15.8 Å². The number of hydrazine groups is 1. The van der Waals surface area contributed by atoms with Crippen molar-refractivity contribution < 1.29 is 13.5 Å². The third-order valence-corrected chi connectivity index (χ3v) is 3.53. The molecule has 5 nitrogen and oxygen atoms in total. The Hall–Kier alpha value is -1.51. The number of benzene rings is 1. The lowest BCUT2D eigenvalue weighted by Crippen LogP contribution is -2.41. The first kappa shape index (κ1) is 16.9. The maximum absolute atomic E-state index is 13.4. The van der Waals surface area contributed by atoms with Gasteiger partial charge in [0.2, 0.25) is 0 Å². The normalized spacial score (nSPS) is 15.4. The predicted molar refractivity (Wildman–Crippen MR) is 85.6 cm³/mol. The number of hydrogen-bond donors (Lipinski definition) is 3. The summed E-state index contributed by atoms with van der Waals surface area (Å²) in [6.07, 6.45) is 0.951. The number of nitrogens with one attached hydrogen (secondary N) is 3. The van der Waals surface area contributed by atoms with E-state index in [0.717, 1.165) is 51.9 Å². The first-order valence-corrected chi connectivity index (χ1v) is 7.61. The molecule has 122 valence electrons. The molecule has 0 amide bonds. The molecule has 1 aromatic rings. The summed E-state index contributed by atoms with van der Waals surface area (Å²) in [5.74, 6) is -1.30. The lowest BCUT2D eigenvalue weighted by molar-refractivity contribution is 0.0376. The van der Waals surface area contributed by atoms with E-state index in [-0.39, 0.29) is 5.69 Å². The number of nitrogens with zero attached hydrogens (tertiary/aromatic N) is 1. The quantitative estimate of drug-likeness (QED) is 0.417. The zero-order valence-electron chi connectivity index (χ0n) is 12.2. The van der Waals surface area contributed by atoms with E-state index in [0.29, 0.717) is 5.11 Å². The molecule has 0 atom stereocenters.